The molecule has 0 aromatic heterocycles. The first-order valence-electron chi connectivity index (χ1n) is 5.42. The Morgan fingerprint density at radius 2 is 2.28 bits per heavy atom. The lowest BCUT2D eigenvalue weighted by molar-refractivity contribution is -0.132. The molecule has 0 aliphatic heterocycles. The molecule has 0 heterocycles. The van der Waals surface area contributed by atoms with Crippen molar-refractivity contribution in [2.24, 2.45) is 5.73 Å². The fraction of sp³-hybridized carbons (Fsp3) is 0.308. The molecule has 0 radical (unpaired) electrons. The average molecular weight is 272 g/mol. The van der Waals surface area contributed by atoms with Crippen molar-refractivity contribution >= 4 is 18.4 Å². The molecular weight excluding hydrogens is 254 g/mol. The van der Waals surface area contributed by atoms with Gasteiger partial charge in [-0.15, -0.1) is 19.0 Å². The van der Waals surface area contributed by atoms with Gasteiger partial charge in [-0.05, 0) is 30.5 Å². The van der Waals surface area contributed by atoms with Crippen molar-refractivity contribution < 1.29 is 14.6 Å². The number of carbonyl (C=O) groups is 1. The van der Waals surface area contributed by atoms with Crippen LogP contribution in [0.2, 0.25) is 0 Å². The quantitative estimate of drug-likeness (QED) is 0.491. The summed E-state index contributed by atoms with van der Waals surface area (Å²) in [4.78, 5) is 10.8. The molecule has 0 saturated heterocycles. The Morgan fingerprint density at radius 3 is 2.78 bits per heavy atom. The summed E-state index contributed by atoms with van der Waals surface area (Å²) in [7, 11) is 0. The highest BCUT2D eigenvalue weighted by Gasteiger charge is 2.10. The van der Waals surface area contributed by atoms with Gasteiger partial charge in [0.2, 0.25) is 0 Å². The lowest BCUT2D eigenvalue weighted by Gasteiger charge is -2.12. The number of phenolic OH excluding ortho intramolecular Hbond substituents is 1. The third kappa shape index (κ3) is 4.77. The lowest BCUT2D eigenvalue weighted by Crippen LogP contribution is -2.10. The van der Waals surface area contributed by atoms with Gasteiger partial charge in [-0.25, -0.2) is 0 Å². The molecule has 0 unspecified atom stereocenters. The SMILES string of the molecule is C=CCC[C@H](N)c1ccc(OC(C)=O)c(O)c1.Cl. The molecule has 4 nitrogen and oxygen atoms in total. The van der Waals surface area contributed by atoms with Crippen LogP contribution in [0.3, 0.4) is 0 Å². The zero-order chi connectivity index (χ0) is 12.8. The van der Waals surface area contributed by atoms with Crippen LogP contribution in [0.15, 0.2) is 30.9 Å². The van der Waals surface area contributed by atoms with Crippen molar-refractivity contribution in [3.05, 3.63) is 36.4 Å². The minimum atomic E-state index is -0.469. The molecule has 1 rings (SSSR count). The van der Waals surface area contributed by atoms with Crippen LogP contribution < -0.4 is 10.5 Å². The number of aromatic hydroxyl groups is 1. The number of rotatable bonds is 5. The van der Waals surface area contributed by atoms with E-state index in [0.717, 1.165) is 18.4 Å². The van der Waals surface area contributed by atoms with E-state index in [4.69, 9.17) is 10.5 Å². The number of hydrogen-bond donors (Lipinski definition) is 2. The predicted octanol–water partition coefficient (Wildman–Crippen LogP) is 2.71. The van der Waals surface area contributed by atoms with Crippen LogP contribution in [-0.2, 0) is 4.79 Å². The number of esters is 1. The first kappa shape index (κ1) is 16.5. The van der Waals surface area contributed by atoms with E-state index in [-0.39, 0.29) is 29.9 Å². The molecule has 1 aromatic carbocycles. The summed E-state index contributed by atoms with van der Waals surface area (Å²) in [5.74, 6) is -0.395. The number of phenols is 1. The van der Waals surface area contributed by atoms with Gasteiger partial charge < -0.3 is 15.6 Å². The fourth-order valence-corrected chi connectivity index (χ4v) is 1.47. The Morgan fingerprint density at radius 1 is 1.61 bits per heavy atom. The van der Waals surface area contributed by atoms with Crippen molar-refractivity contribution in [2.75, 3.05) is 0 Å². The molecule has 0 spiro atoms. The fourth-order valence-electron chi connectivity index (χ4n) is 1.47. The number of ether oxygens (including phenoxy) is 1. The van der Waals surface area contributed by atoms with Crippen molar-refractivity contribution in [3.8, 4) is 11.5 Å². The number of carbonyl (C=O) groups excluding carboxylic acids is 1. The summed E-state index contributed by atoms with van der Waals surface area (Å²) >= 11 is 0. The monoisotopic (exact) mass is 271 g/mol. The van der Waals surface area contributed by atoms with Crippen LogP contribution in [0, 0.1) is 0 Å². The molecule has 0 amide bonds. The Bertz CT molecular complexity index is 421. The Hall–Kier alpha value is -1.52. The summed E-state index contributed by atoms with van der Waals surface area (Å²) in [5, 5.41) is 9.66. The molecule has 18 heavy (non-hydrogen) atoms. The van der Waals surface area contributed by atoms with E-state index in [2.05, 4.69) is 6.58 Å². The molecule has 0 saturated carbocycles. The minimum Gasteiger partial charge on any atom is -0.504 e. The lowest BCUT2D eigenvalue weighted by atomic mass is 10.0. The highest BCUT2D eigenvalue weighted by Crippen LogP contribution is 2.29. The molecule has 1 atom stereocenters. The second-order valence-electron chi connectivity index (χ2n) is 3.79. The van der Waals surface area contributed by atoms with E-state index in [0.29, 0.717) is 0 Å². The van der Waals surface area contributed by atoms with Gasteiger partial charge in [-0.1, -0.05) is 12.1 Å². The second kappa shape index (κ2) is 7.74. The molecule has 3 N–H and O–H groups in total. The zero-order valence-electron chi connectivity index (χ0n) is 10.3. The maximum Gasteiger partial charge on any atom is 0.308 e. The molecule has 0 aliphatic carbocycles. The van der Waals surface area contributed by atoms with Gasteiger partial charge in [0.15, 0.2) is 11.5 Å². The molecule has 0 aliphatic rings. The van der Waals surface area contributed by atoms with Crippen molar-refractivity contribution in [2.45, 2.75) is 25.8 Å². The Balaban J connectivity index is 0.00000289. The van der Waals surface area contributed by atoms with Crippen LogP contribution in [-0.4, -0.2) is 11.1 Å². The average Bonchev–Trinajstić information content (AvgIpc) is 2.28. The topological polar surface area (TPSA) is 72.5 Å². The summed E-state index contributed by atoms with van der Waals surface area (Å²) in [6.07, 6.45) is 3.37. The number of allylic oxidation sites excluding steroid dienone is 1. The third-order valence-corrected chi connectivity index (χ3v) is 2.35. The van der Waals surface area contributed by atoms with Crippen molar-refractivity contribution in [1.82, 2.24) is 0 Å². The second-order valence-corrected chi connectivity index (χ2v) is 3.79. The van der Waals surface area contributed by atoms with Crippen LogP contribution in [0.5, 0.6) is 11.5 Å². The number of benzene rings is 1. The van der Waals surface area contributed by atoms with Gasteiger partial charge in [0.25, 0.3) is 0 Å². The van der Waals surface area contributed by atoms with Crippen molar-refractivity contribution in [1.29, 1.82) is 0 Å². The molecule has 1 aromatic rings. The largest absolute Gasteiger partial charge is 0.504 e. The number of halogens is 1. The van der Waals surface area contributed by atoms with Crippen LogP contribution in [0.4, 0.5) is 0 Å². The van der Waals surface area contributed by atoms with Crippen LogP contribution in [0.25, 0.3) is 0 Å². The zero-order valence-corrected chi connectivity index (χ0v) is 11.1. The van der Waals surface area contributed by atoms with E-state index in [1.54, 1.807) is 18.2 Å². The maximum atomic E-state index is 10.8. The van der Waals surface area contributed by atoms with Crippen LogP contribution in [0.1, 0.15) is 31.4 Å². The van der Waals surface area contributed by atoms with Gasteiger partial charge in [-0.2, -0.15) is 0 Å². The van der Waals surface area contributed by atoms with E-state index in [1.165, 1.54) is 13.0 Å². The smallest absolute Gasteiger partial charge is 0.308 e. The molecule has 5 heteroatoms. The highest BCUT2D eigenvalue weighted by atomic mass is 35.5. The van der Waals surface area contributed by atoms with E-state index < -0.39 is 5.97 Å². The summed E-state index contributed by atoms with van der Waals surface area (Å²) in [6.45, 7) is 4.91. The Kier molecular flexibility index (Phi) is 7.08. The van der Waals surface area contributed by atoms with Gasteiger partial charge in [0.1, 0.15) is 0 Å². The predicted molar refractivity (Wildman–Crippen MR) is 73.0 cm³/mol. The summed E-state index contributed by atoms with van der Waals surface area (Å²) in [6, 6.07) is 4.64. The van der Waals surface area contributed by atoms with Gasteiger partial charge in [-0.3, -0.25) is 4.79 Å². The minimum absolute atomic E-state index is 0. The van der Waals surface area contributed by atoms with Gasteiger partial charge in [0, 0.05) is 13.0 Å². The van der Waals surface area contributed by atoms with Crippen molar-refractivity contribution in [3.63, 3.8) is 0 Å². The molecule has 100 valence electrons. The number of hydrogen-bond acceptors (Lipinski definition) is 4. The van der Waals surface area contributed by atoms with Gasteiger partial charge in [0.05, 0.1) is 0 Å². The highest BCUT2D eigenvalue weighted by molar-refractivity contribution is 5.85. The van der Waals surface area contributed by atoms with E-state index in [1.807, 2.05) is 0 Å². The third-order valence-electron chi connectivity index (χ3n) is 2.35. The summed E-state index contributed by atoms with van der Waals surface area (Å²) in [5.41, 5.74) is 6.74. The summed E-state index contributed by atoms with van der Waals surface area (Å²) < 4.78 is 4.81. The molecule has 0 bridgehead atoms. The number of nitrogens with two attached hydrogens (primary N) is 1. The van der Waals surface area contributed by atoms with E-state index >= 15 is 0 Å². The molecule has 0 fully saturated rings. The Labute approximate surface area is 113 Å². The standard InChI is InChI=1S/C13H17NO3.ClH/c1-3-4-5-11(14)10-6-7-13(12(16)8-10)17-9(2)15;/h3,6-8,11,16H,1,4-5,14H2,2H3;1H/t11-;/m0./s1. The first-order chi connectivity index (χ1) is 8.04. The van der Waals surface area contributed by atoms with Crippen LogP contribution >= 0.6 is 12.4 Å². The normalized spacial score (nSPS) is 11.2. The molecular formula is C13H18ClNO3. The maximum absolute atomic E-state index is 10.8. The van der Waals surface area contributed by atoms with Gasteiger partial charge >= 0.3 is 5.97 Å². The first-order valence-corrected chi connectivity index (χ1v) is 5.42. The van der Waals surface area contributed by atoms with E-state index in [9.17, 15) is 9.90 Å².